The van der Waals surface area contributed by atoms with Gasteiger partial charge in [-0.1, -0.05) is 26.7 Å². The van der Waals surface area contributed by atoms with Gasteiger partial charge in [0.2, 0.25) is 10.0 Å². The SMILES string of the molecule is CCCCN(CCCC)S(=O)(=O)c1ccc2c(c1)oc(=O)n2C. The van der Waals surface area contributed by atoms with Crippen LogP contribution in [0.3, 0.4) is 0 Å². The van der Waals surface area contributed by atoms with Crippen molar-refractivity contribution in [1.29, 1.82) is 0 Å². The summed E-state index contributed by atoms with van der Waals surface area (Å²) in [6.45, 7) is 5.09. The van der Waals surface area contributed by atoms with E-state index in [4.69, 9.17) is 4.42 Å². The highest BCUT2D eigenvalue weighted by Crippen LogP contribution is 2.22. The van der Waals surface area contributed by atoms with Gasteiger partial charge in [0.25, 0.3) is 0 Å². The van der Waals surface area contributed by atoms with Crippen LogP contribution in [0, 0.1) is 0 Å². The van der Waals surface area contributed by atoms with Crippen molar-refractivity contribution in [2.75, 3.05) is 13.1 Å². The second-order valence-electron chi connectivity index (χ2n) is 5.67. The van der Waals surface area contributed by atoms with Gasteiger partial charge in [-0.3, -0.25) is 4.57 Å². The van der Waals surface area contributed by atoms with Gasteiger partial charge in [0.1, 0.15) is 0 Å². The Morgan fingerprint density at radius 1 is 1.13 bits per heavy atom. The Labute approximate surface area is 136 Å². The lowest BCUT2D eigenvalue weighted by Crippen LogP contribution is -2.33. The Hall–Kier alpha value is -1.60. The molecule has 7 heteroatoms. The van der Waals surface area contributed by atoms with E-state index in [0.717, 1.165) is 25.7 Å². The number of aromatic nitrogens is 1. The average Bonchev–Trinajstić information content (AvgIpc) is 2.81. The number of oxazole rings is 1. The highest BCUT2D eigenvalue weighted by Gasteiger charge is 2.24. The van der Waals surface area contributed by atoms with Crippen molar-refractivity contribution in [2.45, 2.75) is 44.4 Å². The first-order valence-electron chi connectivity index (χ1n) is 8.01. The maximum atomic E-state index is 12.9. The van der Waals surface area contributed by atoms with Crippen LogP contribution in [0.2, 0.25) is 0 Å². The number of aryl methyl sites for hydroxylation is 1. The van der Waals surface area contributed by atoms with Gasteiger partial charge in [-0.25, -0.2) is 13.2 Å². The van der Waals surface area contributed by atoms with E-state index in [9.17, 15) is 13.2 Å². The predicted molar refractivity (Wildman–Crippen MR) is 90.0 cm³/mol. The number of sulfonamides is 1. The van der Waals surface area contributed by atoms with E-state index in [0.29, 0.717) is 24.2 Å². The van der Waals surface area contributed by atoms with Crippen molar-refractivity contribution in [1.82, 2.24) is 8.87 Å². The summed E-state index contributed by atoms with van der Waals surface area (Å²) in [4.78, 5) is 11.7. The maximum Gasteiger partial charge on any atom is 0.419 e. The van der Waals surface area contributed by atoms with Gasteiger partial charge in [0.15, 0.2) is 5.58 Å². The number of rotatable bonds is 8. The van der Waals surface area contributed by atoms with Gasteiger partial charge < -0.3 is 4.42 Å². The van der Waals surface area contributed by atoms with Crippen LogP contribution in [0.25, 0.3) is 11.1 Å². The molecule has 0 aliphatic carbocycles. The third-order valence-corrected chi connectivity index (χ3v) is 5.82. The number of benzene rings is 1. The molecule has 0 unspecified atom stereocenters. The van der Waals surface area contributed by atoms with Crippen molar-refractivity contribution < 1.29 is 12.8 Å². The molecular formula is C16H24N2O4S. The number of fused-ring (bicyclic) bond motifs is 1. The van der Waals surface area contributed by atoms with Crippen LogP contribution >= 0.6 is 0 Å². The van der Waals surface area contributed by atoms with Crippen molar-refractivity contribution in [3.05, 3.63) is 28.7 Å². The number of nitrogens with zero attached hydrogens (tertiary/aromatic N) is 2. The molecule has 0 spiro atoms. The standard InChI is InChI=1S/C16H24N2O4S/c1-4-6-10-18(11-7-5-2)23(20,21)13-8-9-14-15(12-13)22-16(19)17(14)3/h8-9,12H,4-7,10-11H2,1-3H3. The third kappa shape index (κ3) is 3.67. The quantitative estimate of drug-likeness (QED) is 0.741. The minimum absolute atomic E-state index is 0.173. The van der Waals surface area contributed by atoms with E-state index in [1.807, 2.05) is 13.8 Å². The third-order valence-electron chi connectivity index (χ3n) is 3.92. The van der Waals surface area contributed by atoms with Crippen LogP contribution in [-0.4, -0.2) is 30.4 Å². The molecule has 128 valence electrons. The summed E-state index contributed by atoms with van der Waals surface area (Å²) in [5.74, 6) is -0.497. The van der Waals surface area contributed by atoms with Crippen molar-refractivity contribution >= 4 is 21.1 Å². The molecule has 0 N–H and O–H groups in total. The van der Waals surface area contributed by atoms with Gasteiger partial charge in [0.05, 0.1) is 10.4 Å². The molecule has 0 radical (unpaired) electrons. The summed E-state index contributed by atoms with van der Waals surface area (Å²) in [6, 6.07) is 4.60. The molecule has 1 aromatic carbocycles. The zero-order valence-corrected chi connectivity index (χ0v) is 14.7. The molecular weight excluding hydrogens is 316 g/mol. The topological polar surface area (TPSA) is 72.5 Å². The zero-order valence-electron chi connectivity index (χ0n) is 13.9. The lowest BCUT2D eigenvalue weighted by atomic mass is 10.3. The summed E-state index contributed by atoms with van der Waals surface area (Å²) in [5.41, 5.74) is 0.882. The fourth-order valence-electron chi connectivity index (χ4n) is 2.44. The van der Waals surface area contributed by atoms with Crippen LogP contribution in [0.1, 0.15) is 39.5 Å². The Balaban J connectivity index is 2.40. The van der Waals surface area contributed by atoms with Gasteiger partial charge in [-0.05, 0) is 25.0 Å². The average molecular weight is 340 g/mol. The fourth-order valence-corrected chi connectivity index (χ4v) is 3.98. The molecule has 0 aliphatic heterocycles. The maximum absolute atomic E-state index is 12.9. The molecule has 0 atom stereocenters. The Morgan fingerprint density at radius 2 is 1.74 bits per heavy atom. The molecule has 23 heavy (non-hydrogen) atoms. The lowest BCUT2D eigenvalue weighted by molar-refractivity contribution is 0.395. The minimum Gasteiger partial charge on any atom is -0.408 e. The monoisotopic (exact) mass is 340 g/mol. The van der Waals surface area contributed by atoms with Crippen LogP contribution in [-0.2, 0) is 17.1 Å². The summed E-state index contributed by atoms with van der Waals surface area (Å²) < 4.78 is 33.7. The fraction of sp³-hybridized carbons (Fsp3) is 0.562. The van der Waals surface area contributed by atoms with Crippen molar-refractivity contribution in [3.63, 3.8) is 0 Å². The Morgan fingerprint density at radius 3 is 2.30 bits per heavy atom. The largest absolute Gasteiger partial charge is 0.419 e. The summed E-state index contributed by atoms with van der Waals surface area (Å²) in [5, 5.41) is 0. The molecule has 2 rings (SSSR count). The van der Waals surface area contributed by atoms with E-state index >= 15 is 0 Å². The van der Waals surface area contributed by atoms with E-state index in [1.165, 1.54) is 21.0 Å². The van der Waals surface area contributed by atoms with Crippen LogP contribution in [0.4, 0.5) is 0 Å². The summed E-state index contributed by atoms with van der Waals surface area (Å²) >= 11 is 0. The first-order valence-corrected chi connectivity index (χ1v) is 9.45. The van der Waals surface area contributed by atoms with E-state index in [2.05, 4.69) is 0 Å². The van der Waals surface area contributed by atoms with E-state index in [1.54, 1.807) is 13.1 Å². The summed E-state index contributed by atoms with van der Waals surface area (Å²) in [6.07, 6.45) is 3.52. The summed E-state index contributed by atoms with van der Waals surface area (Å²) in [7, 11) is -1.98. The highest BCUT2D eigenvalue weighted by molar-refractivity contribution is 7.89. The van der Waals surface area contributed by atoms with Crippen molar-refractivity contribution in [3.8, 4) is 0 Å². The second-order valence-corrected chi connectivity index (χ2v) is 7.61. The molecule has 0 amide bonds. The first-order chi connectivity index (χ1) is 10.9. The Bertz CT molecular complexity index is 812. The smallest absolute Gasteiger partial charge is 0.408 e. The Kier molecular flexibility index (Phi) is 5.64. The molecule has 0 saturated heterocycles. The normalized spacial score (nSPS) is 12.3. The molecule has 1 heterocycles. The molecule has 1 aromatic heterocycles. The highest BCUT2D eigenvalue weighted by atomic mass is 32.2. The predicted octanol–water partition coefficient (Wildman–Crippen LogP) is 2.72. The van der Waals surface area contributed by atoms with E-state index < -0.39 is 15.8 Å². The number of unbranched alkanes of at least 4 members (excludes halogenated alkanes) is 2. The number of hydrogen-bond donors (Lipinski definition) is 0. The lowest BCUT2D eigenvalue weighted by Gasteiger charge is -2.21. The van der Waals surface area contributed by atoms with Gasteiger partial charge >= 0.3 is 5.76 Å². The van der Waals surface area contributed by atoms with Crippen molar-refractivity contribution in [2.24, 2.45) is 7.05 Å². The molecule has 0 aliphatic rings. The van der Waals surface area contributed by atoms with Crippen LogP contribution in [0.15, 0.2) is 32.3 Å². The zero-order chi connectivity index (χ0) is 17.0. The van der Waals surface area contributed by atoms with E-state index in [-0.39, 0.29) is 4.90 Å². The second kappa shape index (κ2) is 7.31. The van der Waals surface area contributed by atoms with Gasteiger partial charge in [0, 0.05) is 26.2 Å². The van der Waals surface area contributed by atoms with Crippen LogP contribution < -0.4 is 5.76 Å². The molecule has 0 saturated carbocycles. The van der Waals surface area contributed by atoms with Gasteiger partial charge in [-0.2, -0.15) is 4.31 Å². The molecule has 2 aromatic rings. The first kappa shape index (κ1) is 17.7. The van der Waals surface area contributed by atoms with Crippen LogP contribution in [0.5, 0.6) is 0 Å². The minimum atomic E-state index is -3.58. The number of hydrogen-bond acceptors (Lipinski definition) is 4. The molecule has 6 nitrogen and oxygen atoms in total. The molecule has 0 fully saturated rings. The molecule has 0 bridgehead atoms. The van der Waals surface area contributed by atoms with Gasteiger partial charge in [-0.15, -0.1) is 0 Å².